The van der Waals surface area contributed by atoms with Crippen LogP contribution in [-0.4, -0.2) is 19.4 Å². The maximum atomic E-state index is 12.1. The van der Waals surface area contributed by atoms with Gasteiger partial charge in [-0.3, -0.25) is 4.98 Å². The smallest absolute Gasteiger partial charge is 0.242 e. The van der Waals surface area contributed by atoms with Crippen molar-refractivity contribution in [1.29, 1.82) is 0 Å². The van der Waals surface area contributed by atoms with Crippen molar-refractivity contribution in [3.8, 4) is 0 Å². The highest BCUT2D eigenvalue weighted by Crippen LogP contribution is 2.24. The first-order valence-corrected chi connectivity index (χ1v) is 7.48. The van der Waals surface area contributed by atoms with Gasteiger partial charge in [0, 0.05) is 18.4 Å². The van der Waals surface area contributed by atoms with Crippen LogP contribution in [0.5, 0.6) is 0 Å². The largest absolute Gasteiger partial charge is 0.263 e. The second kappa shape index (κ2) is 5.14. The van der Waals surface area contributed by atoms with E-state index in [0.717, 1.165) is 19.3 Å². The Labute approximate surface area is 103 Å². The van der Waals surface area contributed by atoms with Gasteiger partial charge in [-0.25, -0.2) is 13.1 Å². The normalized spacial score (nSPS) is 25.7. The summed E-state index contributed by atoms with van der Waals surface area (Å²) in [5, 5.41) is 0. The number of nitrogens with zero attached hydrogens (tertiary/aromatic N) is 1. The van der Waals surface area contributed by atoms with Crippen molar-refractivity contribution in [2.45, 2.75) is 43.5 Å². The summed E-state index contributed by atoms with van der Waals surface area (Å²) in [6, 6.07) is 3.28. The van der Waals surface area contributed by atoms with Crippen molar-refractivity contribution in [2.75, 3.05) is 0 Å². The van der Waals surface area contributed by atoms with E-state index >= 15 is 0 Å². The molecular weight excluding hydrogens is 236 g/mol. The molecule has 1 fully saturated rings. The first kappa shape index (κ1) is 12.5. The lowest BCUT2D eigenvalue weighted by Gasteiger charge is -2.27. The summed E-state index contributed by atoms with van der Waals surface area (Å²) >= 11 is 0. The van der Waals surface area contributed by atoms with E-state index in [9.17, 15) is 8.42 Å². The monoisotopic (exact) mass is 254 g/mol. The number of nitrogens with one attached hydrogen (secondary N) is 1. The highest BCUT2D eigenvalue weighted by Gasteiger charge is 2.24. The first-order valence-electron chi connectivity index (χ1n) is 6.00. The molecule has 1 heterocycles. The lowest BCUT2D eigenvalue weighted by Crippen LogP contribution is -2.37. The quantitative estimate of drug-likeness (QED) is 0.896. The fourth-order valence-corrected chi connectivity index (χ4v) is 3.58. The van der Waals surface area contributed by atoms with E-state index in [1.54, 1.807) is 18.3 Å². The van der Waals surface area contributed by atoms with Crippen LogP contribution in [0.15, 0.2) is 29.4 Å². The Hall–Kier alpha value is -0.940. The van der Waals surface area contributed by atoms with Crippen LogP contribution in [0.25, 0.3) is 0 Å². The summed E-state index contributed by atoms with van der Waals surface area (Å²) in [4.78, 5) is 4.09. The summed E-state index contributed by atoms with van der Waals surface area (Å²) in [5.41, 5.74) is 0. The second-order valence-corrected chi connectivity index (χ2v) is 6.49. The molecular formula is C12H18N2O2S. The molecule has 2 unspecified atom stereocenters. The number of hydrogen-bond donors (Lipinski definition) is 1. The number of sulfonamides is 1. The van der Waals surface area contributed by atoms with Gasteiger partial charge in [-0.1, -0.05) is 19.8 Å². The van der Waals surface area contributed by atoms with Crippen molar-refractivity contribution < 1.29 is 8.42 Å². The van der Waals surface area contributed by atoms with Crippen molar-refractivity contribution in [3.05, 3.63) is 24.5 Å². The molecule has 0 bridgehead atoms. The first-order chi connectivity index (χ1) is 8.08. The van der Waals surface area contributed by atoms with E-state index in [0.29, 0.717) is 5.92 Å². The van der Waals surface area contributed by atoms with Crippen LogP contribution < -0.4 is 4.72 Å². The molecule has 0 saturated heterocycles. The molecule has 1 aliphatic carbocycles. The van der Waals surface area contributed by atoms with Crippen molar-refractivity contribution in [2.24, 2.45) is 5.92 Å². The van der Waals surface area contributed by atoms with Crippen LogP contribution in [0.2, 0.25) is 0 Å². The van der Waals surface area contributed by atoms with Gasteiger partial charge in [0.2, 0.25) is 10.0 Å². The zero-order valence-corrected chi connectivity index (χ0v) is 10.8. The summed E-state index contributed by atoms with van der Waals surface area (Å²) in [7, 11) is -3.40. The van der Waals surface area contributed by atoms with Crippen LogP contribution in [0.4, 0.5) is 0 Å². The second-order valence-electron chi connectivity index (χ2n) is 4.78. The zero-order valence-electron chi connectivity index (χ0n) is 9.96. The molecule has 1 aromatic heterocycles. The summed E-state index contributed by atoms with van der Waals surface area (Å²) in [6.45, 7) is 2.17. The van der Waals surface area contributed by atoms with E-state index < -0.39 is 10.0 Å². The van der Waals surface area contributed by atoms with Crippen LogP contribution >= 0.6 is 0 Å². The average Bonchev–Trinajstić information content (AvgIpc) is 2.29. The third-order valence-corrected chi connectivity index (χ3v) is 4.71. The van der Waals surface area contributed by atoms with Crippen molar-refractivity contribution >= 4 is 10.0 Å². The Kier molecular flexibility index (Phi) is 3.79. The van der Waals surface area contributed by atoms with Gasteiger partial charge >= 0.3 is 0 Å². The third kappa shape index (κ3) is 3.26. The highest BCUT2D eigenvalue weighted by atomic mass is 32.2. The highest BCUT2D eigenvalue weighted by molar-refractivity contribution is 7.89. The molecule has 17 heavy (non-hydrogen) atoms. The summed E-state index contributed by atoms with van der Waals surface area (Å²) in [6.07, 6.45) is 7.12. The Morgan fingerprint density at radius 1 is 1.41 bits per heavy atom. The number of pyridine rings is 1. The number of hydrogen-bond acceptors (Lipinski definition) is 3. The SMILES string of the molecule is CC1CCCC(NS(=O)(=O)c2cccnc2)C1. The lowest BCUT2D eigenvalue weighted by molar-refractivity contribution is 0.327. The Morgan fingerprint density at radius 2 is 2.24 bits per heavy atom. The minimum absolute atomic E-state index is 0.0731. The average molecular weight is 254 g/mol. The Bertz CT molecular complexity index is 459. The molecule has 0 aromatic carbocycles. The molecule has 5 heteroatoms. The molecule has 1 aromatic rings. The van der Waals surface area contributed by atoms with Gasteiger partial charge in [-0.2, -0.15) is 0 Å². The molecule has 1 N–H and O–H groups in total. The van der Waals surface area contributed by atoms with Gasteiger partial charge in [0.25, 0.3) is 0 Å². The predicted octanol–water partition coefficient (Wildman–Crippen LogP) is 1.94. The fraction of sp³-hybridized carbons (Fsp3) is 0.583. The molecule has 2 rings (SSSR count). The van der Waals surface area contributed by atoms with Gasteiger partial charge in [0.15, 0.2) is 0 Å². The van der Waals surface area contributed by atoms with Crippen LogP contribution in [0.1, 0.15) is 32.6 Å². The van der Waals surface area contributed by atoms with Crippen molar-refractivity contribution in [1.82, 2.24) is 9.71 Å². The van der Waals surface area contributed by atoms with Gasteiger partial charge in [0.05, 0.1) is 0 Å². The number of rotatable bonds is 3. The van der Waals surface area contributed by atoms with Gasteiger partial charge < -0.3 is 0 Å². The molecule has 1 saturated carbocycles. The fourth-order valence-electron chi connectivity index (χ4n) is 2.33. The Morgan fingerprint density at radius 3 is 2.88 bits per heavy atom. The number of aromatic nitrogens is 1. The zero-order chi connectivity index (χ0) is 12.3. The summed E-state index contributed by atoms with van der Waals surface area (Å²) < 4.78 is 26.9. The van der Waals surface area contributed by atoms with E-state index in [-0.39, 0.29) is 10.9 Å². The van der Waals surface area contributed by atoms with Gasteiger partial charge in [-0.15, -0.1) is 0 Å². The minimum Gasteiger partial charge on any atom is -0.263 e. The van der Waals surface area contributed by atoms with E-state index in [4.69, 9.17) is 0 Å². The summed E-state index contributed by atoms with van der Waals surface area (Å²) in [5.74, 6) is 0.602. The standard InChI is InChI=1S/C12H18N2O2S/c1-10-4-2-5-11(8-10)14-17(15,16)12-6-3-7-13-9-12/h3,6-7,9-11,14H,2,4-5,8H2,1H3. The molecule has 0 amide bonds. The lowest BCUT2D eigenvalue weighted by atomic mass is 9.88. The molecule has 0 aliphatic heterocycles. The van der Waals surface area contributed by atoms with Gasteiger partial charge in [-0.05, 0) is 30.9 Å². The molecule has 94 valence electrons. The van der Waals surface area contributed by atoms with Crippen LogP contribution in [-0.2, 0) is 10.0 Å². The van der Waals surface area contributed by atoms with Crippen LogP contribution in [0, 0.1) is 5.92 Å². The van der Waals surface area contributed by atoms with E-state index in [2.05, 4.69) is 16.6 Å². The molecule has 1 aliphatic rings. The third-order valence-electron chi connectivity index (χ3n) is 3.20. The topological polar surface area (TPSA) is 59.1 Å². The molecule has 2 atom stereocenters. The minimum atomic E-state index is -3.40. The van der Waals surface area contributed by atoms with Crippen molar-refractivity contribution in [3.63, 3.8) is 0 Å². The maximum Gasteiger partial charge on any atom is 0.242 e. The predicted molar refractivity (Wildman–Crippen MR) is 66.0 cm³/mol. The van der Waals surface area contributed by atoms with E-state index in [1.807, 2.05) is 0 Å². The Balaban J connectivity index is 2.07. The molecule has 0 radical (unpaired) electrons. The van der Waals surface area contributed by atoms with E-state index in [1.165, 1.54) is 12.6 Å². The maximum absolute atomic E-state index is 12.1. The molecule has 0 spiro atoms. The molecule has 4 nitrogen and oxygen atoms in total. The van der Waals surface area contributed by atoms with Gasteiger partial charge in [0.1, 0.15) is 4.90 Å². The van der Waals surface area contributed by atoms with Crippen LogP contribution in [0.3, 0.4) is 0 Å².